The van der Waals surface area contributed by atoms with Crippen LogP contribution in [0.15, 0.2) is 0 Å². The third-order valence-corrected chi connectivity index (χ3v) is 1.67. The van der Waals surface area contributed by atoms with E-state index in [1.807, 2.05) is 0 Å². The maximum Gasteiger partial charge on any atom is 0.0645 e. The maximum absolute atomic E-state index is 5.30. The molecule has 0 N–H and O–H groups in total. The third-order valence-electron chi connectivity index (χ3n) is 1.67. The van der Waals surface area contributed by atoms with Crippen molar-refractivity contribution in [1.82, 2.24) is 0 Å². The summed E-state index contributed by atoms with van der Waals surface area (Å²) in [6, 6.07) is 0. The Labute approximate surface area is 51.0 Å². The second-order valence-corrected chi connectivity index (χ2v) is 3.51. The molecule has 1 heteroatoms. The van der Waals surface area contributed by atoms with Gasteiger partial charge in [0.2, 0.25) is 0 Å². The summed E-state index contributed by atoms with van der Waals surface area (Å²) in [6.45, 7) is 7.63. The van der Waals surface area contributed by atoms with Crippen molar-refractivity contribution in [3.8, 4) is 0 Å². The SMILES string of the molecule is CC(C)(C)C1CCO1. The van der Waals surface area contributed by atoms with Gasteiger partial charge in [0.25, 0.3) is 0 Å². The zero-order chi connectivity index (χ0) is 6.20. The zero-order valence-electron chi connectivity index (χ0n) is 5.90. The molecular formula is C7H14O. The van der Waals surface area contributed by atoms with Crippen LogP contribution in [-0.4, -0.2) is 12.7 Å². The molecule has 1 aliphatic rings. The molecule has 1 nitrogen and oxygen atoms in total. The molecule has 0 aromatic heterocycles. The first-order valence-corrected chi connectivity index (χ1v) is 3.22. The van der Waals surface area contributed by atoms with E-state index in [1.54, 1.807) is 0 Å². The van der Waals surface area contributed by atoms with Crippen molar-refractivity contribution in [2.75, 3.05) is 6.61 Å². The summed E-state index contributed by atoms with van der Waals surface area (Å²) >= 11 is 0. The van der Waals surface area contributed by atoms with Crippen molar-refractivity contribution in [1.29, 1.82) is 0 Å². The molecule has 0 aliphatic carbocycles. The summed E-state index contributed by atoms with van der Waals surface area (Å²) in [7, 11) is 0. The van der Waals surface area contributed by atoms with Gasteiger partial charge in [0.05, 0.1) is 6.10 Å². The maximum atomic E-state index is 5.30. The lowest BCUT2D eigenvalue weighted by Crippen LogP contribution is -2.38. The van der Waals surface area contributed by atoms with Gasteiger partial charge < -0.3 is 4.74 Å². The minimum Gasteiger partial charge on any atom is -0.377 e. The summed E-state index contributed by atoms with van der Waals surface area (Å²) in [5.74, 6) is 0. The lowest BCUT2D eigenvalue weighted by atomic mass is 9.85. The van der Waals surface area contributed by atoms with Gasteiger partial charge in [-0.3, -0.25) is 0 Å². The lowest BCUT2D eigenvalue weighted by Gasteiger charge is -2.37. The Morgan fingerprint density at radius 3 is 1.88 bits per heavy atom. The molecule has 0 aromatic rings. The Morgan fingerprint density at radius 2 is 1.88 bits per heavy atom. The molecule has 1 rings (SSSR count). The fraction of sp³-hybridized carbons (Fsp3) is 1.00. The number of ether oxygens (including phenoxy) is 1. The van der Waals surface area contributed by atoms with Crippen LogP contribution >= 0.6 is 0 Å². The van der Waals surface area contributed by atoms with Gasteiger partial charge in [-0.05, 0) is 11.8 Å². The molecule has 0 saturated carbocycles. The van der Waals surface area contributed by atoms with E-state index in [4.69, 9.17) is 4.74 Å². The van der Waals surface area contributed by atoms with Crippen LogP contribution < -0.4 is 0 Å². The van der Waals surface area contributed by atoms with Crippen molar-refractivity contribution in [2.45, 2.75) is 33.3 Å². The molecular weight excluding hydrogens is 100 g/mol. The Bertz CT molecular complexity index is 76.9. The molecule has 1 heterocycles. The summed E-state index contributed by atoms with van der Waals surface area (Å²) in [6.07, 6.45) is 1.78. The molecule has 0 radical (unpaired) electrons. The van der Waals surface area contributed by atoms with Crippen molar-refractivity contribution in [3.63, 3.8) is 0 Å². The molecule has 1 aliphatic heterocycles. The quantitative estimate of drug-likeness (QED) is 0.466. The summed E-state index contributed by atoms with van der Waals surface area (Å²) in [4.78, 5) is 0. The highest BCUT2D eigenvalue weighted by atomic mass is 16.5. The van der Waals surface area contributed by atoms with Gasteiger partial charge in [-0.25, -0.2) is 0 Å². The fourth-order valence-corrected chi connectivity index (χ4v) is 0.919. The summed E-state index contributed by atoms with van der Waals surface area (Å²) < 4.78 is 5.30. The van der Waals surface area contributed by atoms with Crippen LogP contribution in [0.25, 0.3) is 0 Å². The highest BCUT2D eigenvalue weighted by Gasteiger charge is 2.30. The van der Waals surface area contributed by atoms with E-state index in [-0.39, 0.29) is 0 Å². The topological polar surface area (TPSA) is 9.23 Å². The molecule has 0 aromatic carbocycles. The van der Waals surface area contributed by atoms with E-state index in [2.05, 4.69) is 20.8 Å². The van der Waals surface area contributed by atoms with E-state index in [0.717, 1.165) is 6.61 Å². The highest BCUT2D eigenvalue weighted by Crippen LogP contribution is 2.30. The molecule has 0 amide bonds. The number of rotatable bonds is 0. The van der Waals surface area contributed by atoms with Crippen LogP contribution in [0.1, 0.15) is 27.2 Å². The highest BCUT2D eigenvalue weighted by molar-refractivity contribution is 4.79. The van der Waals surface area contributed by atoms with Crippen molar-refractivity contribution in [3.05, 3.63) is 0 Å². The number of hydrogen-bond acceptors (Lipinski definition) is 1. The second-order valence-electron chi connectivity index (χ2n) is 3.51. The molecule has 1 atom stereocenters. The Kier molecular flexibility index (Phi) is 1.31. The van der Waals surface area contributed by atoms with Crippen LogP contribution in [0.5, 0.6) is 0 Å². The molecule has 48 valence electrons. The van der Waals surface area contributed by atoms with Crippen molar-refractivity contribution >= 4 is 0 Å². The molecule has 8 heavy (non-hydrogen) atoms. The predicted octanol–water partition coefficient (Wildman–Crippen LogP) is 1.82. The molecule has 0 spiro atoms. The van der Waals surface area contributed by atoms with Gasteiger partial charge in [0, 0.05) is 6.61 Å². The average Bonchev–Trinajstić information content (AvgIpc) is 1.16. The summed E-state index contributed by atoms with van der Waals surface area (Å²) in [5, 5.41) is 0. The van der Waals surface area contributed by atoms with Crippen molar-refractivity contribution in [2.24, 2.45) is 5.41 Å². The Morgan fingerprint density at radius 1 is 1.38 bits per heavy atom. The van der Waals surface area contributed by atoms with E-state index in [9.17, 15) is 0 Å². The Balaban J connectivity index is 2.34. The fourth-order valence-electron chi connectivity index (χ4n) is 0.919. The van der Waals surface area contributed by atoms with Crippen LogP contribution in [0.3, 0.4) is 0 Å². The monoisotopic (exact) mass is 114 g/mol. The van der Waals surface area contributed by atoms with Gasteiger partial charge in [-0.15, -0.1) is 0 Å². The third kappa shape index (κ3) is 1.03. The molecule has 1 unspecified atom stereocenters. The second kappa shape index (κ2) is 1.73. The van der Waals surface area contributed by atoms with Crippen molar-refractivity contribution < 1.29 is 4.74 Å². The van der Waals surface area contributed by atoms with Gasteiger partial charge in [0.1, 0.15) is 0 Å². The zero-order valence-corrected chi connectivity index (χ0v) is 5.90. The van der Waals surface area contributed by atoms with Gasteiger partial charge in [-0.1, -0.05) is 20.8 Å². The normalized spacial score (nSPS) is 29.6. The smallest absolute Gasteiger partial charge is 0.0645 e. The largest absolute Gasteiger partial charge is 0.377 e. The first kappa shape index (κ1) is 6.09. The minimum atomic E-state index is 0.373. The van der Waals surface area contributed by atoms with Crippen LogP contribution in [-0.2, 0) is 4.74 Å². The lowest BCUT2D eigenvalue weighted by molar-refractivity contribution is -0.109. The molecule has 1 saturated heterocycles. The van der Waals surface area contributed by atoms with Crippen LogP contribution in [0.2, 0.25) is 0 Å². The van der Waals surface area contributed by atoms with E-state index >= 15 is 0 Å². The van der Waals surface area contributed by atoms with Crippen LogP contribution in [0, 0.1) is 5.41 Å². The predicted molar refractivity (Wildman–Crippen MR) is 33.8 cm³/mol. The molecule has 1 fully saturated rings. The van der Waals surface area contributed by atoms with E-state index in [0.29, 0.717) is 11.5 Å². The minimum absolute atomic E-state index is 0.373. The van der Waals surface area contributed by atoms with Crippen LogP contribution in [0.4, 0.5) is 0 Å². The van der Waals surface area contributed by atoms with Gasteiger partial charge in [-0.2, -0.15) is 0 Å². The van der Waals surface area contributed by atoms with Gasteiger partial charge in [0.15, 0.2) is 0 Å². The average molecular weight is 114 g/mol. The van der Waals surface area contributed by atoms with E-state index < -0.39 is 0 Å². The standard InChI is InChI=1S/C7H14O/c1-7(2,3)6-4-5-8-6/h6H,4-5H2,1-3H3. The van der Waals surface area contributed by atoms with Gasteiger partial charge >= 0.3 is 0 Å². The first-order valence-electron chi connectivity index (χ1n) is 3.22. The summed E-state index contributed by atoms with van der Waals surface area (Å²) in [5.41, 5.74) is 0.373. The first-order chi connectivity index (χ1) is 3.61. The number of hydrogen-bond donors (Lipinski definition) is 0. The Hall–Kier alpha value is -0.0400. The molecule has 0 bridgehead atoms. The van der Waals surface area contributed by atoms with E-state index in [1.165, 1.54) is 6.42 Å².